The van der Waals surface area contributed by atoms with Crippen molar-refractivity contribution in [3.8, 4) is 0 Å². The maximum absolute atomic E-state index is 8.92. The first-order valence-electron chi connectivity index (χ1n) is 13.2. The minimum absolute atomic E-state index is 0.0238. The second-order valence-corrected chi connectivity index (χ2v) is 5.84. The van der Waals surface area contributed by atoms with E-state index in [9.17, 15) is 0 Å². The predicted molar refractivity (Wildman–Crippen MR) is 99.4 cm³/mol. The molecule has 0 spiro atoms. The Bertz CT molecular complexity index is 1290. The van der Waals surface area contributed by atoms with E-state index >= 15 is 0 Å². The summed E-state index contributed by atoms with van der Waals surface area (Å²) in [4.78, 5) is 4.81. The molecule has 3 nitrogen and oxygen atoms in total. The molecule has 0 radical (unpaired) electrons. The molecule has 3 aromatic rings. The molecule has 0 unspecified atom stereocenters. The lowest BCUT2D eigenvalue weighted by Gasteiger charge is -2.24. The van der Waals surface area contributed by atoms with Crippen LogP contribution in [-0.4, -0.2) is 28.0 Å². The van der Waals surface area contributed by atoms with Crippen LogP contribution in [0.1, 0.15) is 43.2 Å². The summed E-state index contributed by atoms with van der Waals surface area (Å²) in [7, 11) is 1.12. The average Bonchev–Trinajstić information content (AvgIpc) is 3.10. The van der Waals surface area contributed by atoms with Crippen molar-refractivity contribution in [3.63, 3.8) is 0 Å². The Labute approximate surface area is 159 Å². The lowest BCUT2D eigenvalue weighted by molar-refractivity contribution is 0.309. The molecule has 1 aromatic carbocycles. The number of likely N-dealkylation sites (N-methyl/N-ethyl adjacent to an activating group) is 1. The van der Waals surface area contributed by atoms with E-state index in [-0.39, 0.29) is 28.5 Å². The van der Waals surface area contributed by atoms with Crippen molar-refractivity contribution in [3.05, 3.63) is 64.6 Å². The molecular weight excluding hydrogens is 294 g/mol. The fourth-order valence-corrected chi connectivity index (χ4v) is 2.79. The summed E-state index contributed by atoms with van der Waals surface area (Å²) in [5.74, 6) is 0. The van der Waals surface area contributed by atoms with Gasteiger partial charge in [0.05, 0.1) is 2.74 Å². The third-order valence-corrected chi connectivity index (χ3v) is 4.00. The summed E-state index contributed by atoms with van der Waals surface area (Å²) in [6.07, 6.45) is -1.60. The lowest BCUT2D eigenvalue weighted by atomic mass is 10.0. The molecule has 0 bridgehead atoms. The third-order valence-electron chi connectivity index (χ3n) is 4.00. The number of aryl methyl sites for hydroxylation is 4. The molecule has 0 saturated heterocycles. The number of pyridine rings is 1. The molecule has 3 heteroatoms. The number of rotatable bonds is 3. The second kappa shape index (κ2) is 6.06. The monoisotopic (exact) mass is 330 g/mol. The first kappa shape index (κ1) is 7.40. The van der Waals surface area contributed by atoms with E-state index in [1.807, 2.05) is 0 Å². The molecule has 1 aliphatic rings. The van der Waals surface area contributed by atoms with Gasteiger partial charge in [0, 0.05) is 66.7 Å². The Morgan fingerprint density at radius 2 is 2.25 bits per heavy atom. The fourth-order valence-electron chi connectivity index (χ4n) is 2.79. The molecule has 1 aliphatic heterocycles. The molecule has 0 aliphatic carbocycles. The van der Waals surface area contributed by atoms with E-state index in [2.05, 4.69) is 4.98 Å². The van der Waals surface area contributed by atoms with E-state index in [0.29, 0.717) is 10.5 Å². The zero-order valence-corrected chi connectivity index (χ0v) is 13.5. The van der Waals surface area contributed by atoms with Crippen molar-refractivity contribution in [2.75, 3.05) is 13.5 Å². The summed E-state index contributed by atoms with van der Waals surface area (Å²) in [6, 6.07) is 7.24. The van der Waals surface area contributed by atoms with Gasteiger partial charge < -0.3 is 9.47 Å². The van der Waals surface area contributed by atoms with E-state index in [1.54, 1.807) is 19.1 Å². The number of fused-ring (bicyclic) bond motifs is 3. The van der Waals surface area contributed by atoms with Gasteiger partial charge in [0.2, 0.25) is 0 Å². The van der Waals surface area contributed by atoms with Gasteiger partial charge in [0.25, 0.3) is 0 Å². The van der Waals surface area contributed by atoms with Crippen molar-refractivity contribution < 1.29 is 15.1 Å². The van der Waals surface area contributed by atoms with E-state index in [0.717, 1.165) is 17.3 Å². The summed E-state index contributed by atoms with van der Waals surface area (Å²) in [6.45, 7) is -8.49. The molecule has 3 heterocycles. The summed E-state index contributed by atoms with van der Waals surface area (Å²) < 4.78 is 93.9. The number of benzene rings is 1. The van der Waals surface area contributed by atoms with E-state index in [4.69, 9.17) is 15.1 Å². The van der Waals surface area contributed by atoms with Crippen LogP contribution in [0.2, 0.25) is 0 Å². The summed E-state index contributed by atoms with van der Waals surface area (Å²) in [5, 5.41) is 0.0238. The Hall–Kier alpha value is -2.13. The van der Waals surface area contributed by atoms with Crippen LogP contribution in [0.25, 0.3) is 10.9 Å². The van der Waals surface area contributed by atoms with E-state index < -0.39 is 38.4 Å². The Morgan fingerprint density at radius 1 is 1.33 bits per heavy atom. The zero-order chi connectivity index (χ0) is 26.4. The minimum Gasteiger partial charge on any atom is -0.344 e. The first-order valence-corrected chi connectivity index (χ1v) is 7.69. The van der Waals surface area contributed by atoms with Gasteiger partial charge >= 0.3 is 0 Å². The van der Waals surface area contributed by atoms with Gasteiger partial charge in [-0.2, -0.15) is 0 Å². The number of hydrogen-bond donors (Lipinski definition) is 0. The zero-order valence-electron chi connectivity index (χ0n) is 24.5. The van der Waals surface area contributed by atoms with Crippen molar-refractivity contribution in [2.45, 2.75) is 39.6 Å². The van der Waals surface area contributed by atoms with Gasteiger partial charge in [-0.15, -0.1) is 0 Å². The van der Waals surface area contributed by atoms with Crippen LogP contribution >= 0.6 is 0 Å². The number of hydrogen-bond acceptors (Lipinski definition) is 2. The van der Waals surface area contributed by atoms with Crippen LogP contribution < -0.4 is 0 Å². The number of aromatic nitrogens is 2. The first-order chi connectivity index (χ1) is 15.8. The molecule has 0 amide bonds. The highest BCUT2D eigenvalue weighted by molar-refractivity contribution is 5.86. The Kier molecular flexibility index (Phi) is 1.87. The van der Waals surface area contributed by atoms with Gasteiger partial charge in [-0.1, -0.05) is 17.7 Å². The fraction of sp³-hybridized carbons (Fsp3) is 0.381. The normalized spacial score (nSPS) is 29.2. The van der Waals surface area contributed by atoms with E-state index in [1.165, 1.54) is 24.4 Å². The van der Waals surface area contributed by atoms with Crippen LogP contribution in [0.15, 0.2) is 36.5 Å². The minimum atomic E-state index is -2.85. The molecule has 24 heavy (non-hydrogen) atoms. The Morgan fingerprint density at radius 3 is 3.04 bits per heavy atom. The van der Waals surface area contributed by atoms with Crippen molar-refractivity contribution >= 4 is 10.9 Å². The SMILES string of the molecule is [2H]C([2H])([2H])c1ccc2c(c1)c1c(n2C([2H])([2H])Cc2ccc(C)nc2)C([2H])([2H])C([2H])([2H])N(C)C1([2H])[2H]. The molecule has 0 fully saturated rings. The van der Waals surface area contributed by atoms with Crippen molar-refractivity contribution in [1.29, 1.82) is 0 Å². The molecular formula is C21H25N3. The average molecular weight is 331 g/mol. The molecule has 0 saturated carbocycles. The van der Waals surface area contributed by atoms with Gasteiger partial charge in [-0.05, 0) is 56.6 Å². The van der Waals surface area contributed by atoms with Crippen LogP contribution in [0.4, 0.5) is 0 Å². The van der Waals surface area contributed by atoms with Gasteiger partial charge in [0.1, 0.15) is 0 Å². The molecule has 4 rings (SSSR count). The highest BCUT2D eigenvalue weighted by Crippen LogP contribution is 2.31. The summed E-state index contributed by atoms with van der Waals surface area (Å²) >= 11 is 0. The number of nitrogens with zero attached hydrogens (tertiary/aromatic N) is 3. The van der Waals surface area contributed by atoms with Crippen LogP contribution in [-0.2, 0) is 25.8 Å². The largest absolute Gasteiger partial charge is 0.344 e. The maximum Gasteiger partial charge on any atom is 0.0501 e. The second-order valence-electron chi connectivity index (χ2n) is 5.84. The van der Waals surface area contributed by atoms with Crippen LogP contribution in [0.3, 0.4) is 0 Å². The molecule has 124 valence electrons. The van der Waals surface area contributed by atoms with Gasteiger partial charge in [0.15, 0.2) is 0 Å². The maximum atomic E-state index is 8.92. The van der Waals surface area contributed by atoms with Crippen LogP contribution in [0.5, 0.6) is 0 Å². The third kappa shape index (κ3) is 2.73. The van der Waals surface area contributed by atoms with Gasteiger partial charge in [-0.25, -0.2) is 0 Å². The Balaban J connectivity index is 2.11. The van der Waals surface area contributed by atoms with Crippen molar-refractivity contribution in [2.24, 2.45) is 0 Å². The predicted octanol–water partition coefficient (Wildman–Crippen LogP) is 3.88. The lowest BCUT2D eigenvalue weighted by Crippen LogP contribution is -2.27. The highest BCUT2D eigenvalue weighted by Gasteiger charge is 2.22. The smallest absolute Gasteiger partial charge is 0.0501 e. The van der Waals surface area contributed by atoms with Gasteiger partial charge in [-0.3, -0.25) is 4.98 Å². The molecule has 0 N–H and O–H groups in total. The van der Waals surface area contributed by atoms with Crippen LogP contribution in [0, 0.1) is 13.8 Å². The molecule has 0 atom stereocenters. The quantitative estimate of drug-likeness (QED) is 0.726. The summed E-state index contributed by atoms with van der Waals surface area (Å²) in [5.41, 5.74) is 0.430. The van der Waals surface area contributed by atoms with Crippen molar-refractivity contribution in [1.82, 2.24) is 14.5 Å². The standard InChI is InChI=1S/C21H25N3/c1-15-4-7-20-18(12-15)19-14-23(3)10-9-21(19)24(20)11-8-17-6-5-16(2)22-13-17/h4-7,12-13H,8-11,14H2,1-3H3/i1D3,9D2,10D2,11D2,14D2. The highest BCUT2D eigenvalue weighted by atomic mass is 15.1. The topological polar surface area (TPSA) is 21.1 Å². The molecule has 2 aromatic heterocycles.